The molecule has 3 heterocycles. The molecule has 1 N–H and O–H groups in total. The molecule has 1 amide bonds. The molecule has 2 saturated heterocycles. The van der Waals surface area contributed by atoms with Gasteiger partial charge in [-0.2, -0.15) is 0 Å². The SMILES string of the molecule is CCc1ccc(-c2ccc(C(=O)N3CC[C@@H]4CNC[C@@H]4CC3)o2)cc1. The van der Waals surface area contributed by atoms with Gasteiger partial charge in [-0.15, -0.1) is 0 Å². The summed E-state index contributed by atoms with van der Waals surface area (Å²) in [7, 11) is 0. The first-order chi connectivity index (χ1) is 12.2. The van der Waals surface area contributed by atoms with Gasteiger partial charge in [-0.25, -0.2) is 0 Å². The van der Waals surface area contributed by atoms with Gasteiger partial charge >= 0.3 is 0 Å². The number of benzene rings is 1. The number of carbonyl (C=O) groups is 1. The maximum absolute atomic E-state index is 12.8. The van der Waals surface area contributed by atoms with Gasteiger partial charge in [-0.3, -0.25) is 4.79 Å². The zero-order valence-electron chi connectivity index (χ0n) is 14.8. The van der Waals surface area contributed by atoms with Crippen LogP contribution in [0.15, 0.2) is 40.8 Å². The molecule has 2 aliphatic heterocycles. The number of nitrogens with one attached hydrogen (secondary N) is 1. The predicted octanol–water partition coefficient (Wildman–Crippen LogP) is 3.58. The van der Waals surface area contributed by atoms with Gasteiger partial charge in [0, 0.05) is 18.7 Å². The molecule has 0 unspecified atom stereocenters. The Bertz CT molecular complexity index is 721. The highest BCUT2D eigenvalue weighted by Crippen LogP contribution is 2.29. The lowest BCUT2D eigenvalue weighted by Crippen LogP contribution is -2.32. The van der Waals surface area contributed by atoms with Crippen molar-refractivity contribution in [1.29, 1.82) is 0 Å². The molecule has 2 aliphatic rings. The summed E-state index contributed by atoms with van der Waals surface area (Å²) in [5, 5.41) is 3.48. The fourth-order valence-corrected chi connectivity index (χ4v) is 4.09. The summed E-state index contributed by atoms with van der Waals surface area (Å²) in [6, 6.07) is 12.1. The van der Waals surface area contributed by atoms with Gasteiger partial charge in [0.2, 0.25) is 0 Å². The van der Waals surface area contributed by atoms with Crippen LogP contribution in [0.4, 0.5) is 0 Å². The number of furan rings is 1. The second kappa shape index (κ2) is 7.04. The van der Waals surface area contributed by atoms with Crippen molar-refractivity contribution in [2.75, 3.05) is 26.2 Å². The summed E-state index contributed by atoms with van der Waals surface area (Å²) in [6.45, 7) is 6.02. The van der Waals surface area contributed by atoms with Gasteiger partial charge in [0.1, 0.15) is 5.76 Å². The van der Waals surface area contributed by atoms with E-state index < -0.39 is 0 Å². The molecule has 2 atom stereocenters. The lowest BCUT2D eigenvalue weighted by atomic mass is 9.92. The molecule has 1 aromatic heterocycles. The Morgan fingerprint density at radius 3 is 2.40 bits per heavy atom. The van der Waals surface area contributed by atoms with Crippen molar-refractivity contribution in [3.63, 3.8) is 0 Å². The van der Waals surface area contributed by atoms with E-state index in [-0.39, 0.29) is 5.91 Å². The molecular weight excluding hydrogens is 312 g/mol. The first-order valence-electron chi connectivity index (χ1n) is 9.43. The van der Waals surface area contributed by atoms with Crippen molar-refractivity contribution in [3.05, 3.63) is 47.7 Å². The van der Waals surface area contributed by atoms with E-state index >= 15 is 0 Å². The molecule has 0 bridgehead atoms. The molecule has 4 heteroatoms. The Morgan fingerprint density at radius 1 is 1.08 bits per heavy atom. The van der Waals surface area contributed by atoms with Crippen molar-refractivity contribution in [1.82, 2.24) is 10.2 Å². The standard InChI is InChI=1S/C21H26N2O2/c1-2-15-3-5-16(6-4-15)19-7-8-20(25-19)21(24)23-11-9-17-13-22-14-18(17)10-12-23/h3-8,17-18,22H,2,9-14H2,1H3/t17-,18+. The van der Waals surface area contributed by atoms with Crippen LogP contribution in [0, 0.1) is 11.8 Å². The summed E-state index contributed by atoms with van der Waals surface area (Å²) in [6.07, 6.45) is 3.21. The fraction of sp³-hybridized carbons (Fsp3) is 0.476. The van der Waals surface area contributed by atoms with E-state index in [9.17, 15) is 4.79 Å². The summed E-state index contributed by atoms with van der Waals surface area (Å²) in [4.78, 5) is 14.8. The maximum Gasteiger partial charge on any atom is 0.289 e. The van der Waals surface area contributed by atoms with E-state index in [0.717, 1.165) is 68.6 Å². The highest BCUT2D eigenvalue weighted by molar-refractivity contribution is 5.92. The van der Waals surface area contributed by atoms with Crippen molar-refractivity contribution in [2.45, 2.75) is 26.2 Å². The van der Waals surface area contributed by atoms with E-state index in [1.54, 1.807) is 0 Å². The van der Waals surface area contributed by atoms with E-state index in [1.165, 1.54) is 5.56 Å². The molecule has 0 radical (unpaired) electrons. The third kappa shape index (κ3) is 3.36. The van der Waals surface area contributed by atoms with Crippen LogP contribution in [0.1, 0.15) is 35.9 Å². The minimum absolute atomic E-state index is 0.0318. The molecular formula is C21H26N2O2. The molecule has 25 heavy (non-hydrogen) atoms. The number of hydrogen-bond donors (Lipinski definition) is 1. The van der Waals surface area contributed by atoms with Crippen LogP contribution in [0.2, 0.25) is 0 Å². The van der Waals surface area contributed by atoms with Gasteiger partial charge in [0.05, 0.1) is 0 Å². The van der Waals surface area contributed by atoms with Gasteiger partial charge in [-0.1, -0.05) is 31.2 Å². The van der Waals surface area contributed by atoms with E-state index in [2.05, 4.69) is 36.5 Å². The summed E-state index contributed by atoms with van der Waals surface area (Å²) in [5.41, 5.74) is 2.32. The number of likely N-dealkylation sites (tertiary alicyclic amines) is 1. The number of rotatable bonds is 3. The van der Waals surface area contributed by atoms with Gasteiger partial charge in [0.15, 0.2) is 5.76 Å². The van der Waals surface area contributed by atoms with Crippen LogP contribution in [0.5, 0.6) is 0 Å². The van der Waals surface area contributed by atoms with Crippen molar-refractivity contribution >= 4 is 5.91 Å². The van der Waals surface area contributed by atoms with E-state index in [1.807, 2.05) is 17.0 Å². The minimum Gasteiger partial charge on any atom is -0.451 e. The normalized spacial score (nSPS) is 23.3. The summed E-state index contributed by atoms with van der Waals surface area (Å²) in [5.74, 6) is 2.70. The summed E-state index contributed by atoms with van der Waals surface area (Å²) >= 11 is 0. The zero-order chi connectivity index (χ0) is 17.2. The van der Waals surface area contributed by atoms with Gasteiger partial charge < -0.3 is 14.6 Å². The molecule has 1 aromatic carbocycles. The highest BCUT2D eigenvalue weighted by Gasteiger charge is 2.32. The zero-order valence-corrected chi connectivity index (χ0v) is 14.8. The van der Waals surface area contributed by atoms with Gasteiger partial charge in [-0.05, 0) is 61.9 Å². The van der Waals surface area contributed by atoms with E-state index in [0.29, 0.717) is 5.76 Å². The average Bonchev–Trinajstić information content (AvgIpc) is 3.27. The highest BCUT2D eigenvalue weighted by atomic mass is 16.4. The second-order valence-electron chi connectivity index (χ2n) is 7.26. The molecule has 132 valence electrons. The first kappa shape index (κ1) is 16.4. The van der Waals surface area contributed by atoms with Crippen LogP contribution in [0.25, 0.3) is 11.3 Å². The number of nitrogens with zero attached hydrogens (tertiary/aromatic N) is 1. The minimum atomic E-state index is 0.0318. The molecule has 0 spiro atoms. The number of carbonyl (C=O) groups excluding carboxylic acids is 1. The number of amides is 1. The quantitative estimate of drug-likeness (QED) is 0.930. The third-order valence-electron chi connectivity index (χ3n) is 5.77. The summed E-state index contributed by atoms with van der Waals surface area (Å²) < 4.78 is 5.89. The molecule has 4 nitrogen and oxygen atoms in total. The molecule has 2 fully saturated rings. The molecule has 0 saturated carbocycles. The van der Waals surface area contributed by atoms with Crippen LogP contribution >= 0.6 is 0 Å². The Labute approximate surface area is 149 Å². The van der Waals surface area contributed by atoms with Crippen molar-refractivity contribution in [3.8, 4) is 11.3 Å². The molecule has 2 aromatic rings. The number of hydrogen-bond acceptors (Lipinski definition) is 3. The fourth-order valence-electron chi connectivity index (χ4n) is 4.09. The Kier molecular flexibility index (Phi) is 4.62. The Morgan fingerprint density at radius 2 is 1.76 bits per heavy atom. The average molecular weight is 338 g/mol. The lowest BCUT2D eigenvalue weighted by molar-refractivity contribution is 0.0727. The molecule has 4 rings (SSSR count). The van der Waals surface area contributed by atoms with E-state index in [4.69, 9.17) is 4.42 Å². The topological polar surface area (TPSA) is 45.5 Å². The van der Waals surface area contributed by atoms with Gasteiger partial charge in [0.25, 0.3) is 5.91 Å². The maximum atomic E-state index is 12.8. The second-order valence-corrected chi connectivity index (χ2v) is 7.26. The predicted molar refractivity (Wildman–Crippen MR) is 98.5 cm³/mol. The van der Waals surface area contributed by atoms with Crippen LogP contribution in [0.3, 0.4) is 0 Å². The van der Waals surface area contributed by atoms with Crippen LogP contribution in [-0.4, -0.2) is 37.0 Å². The monoisotopic (exact) mass is 338 g/mol. The Balaban J connectivity index is 1.46. The number of aryl methyl sites for hydroxylation is 1. The molecule has 0 aliphatic carbocycles. The largest absolute Gasteiger partial charge is 0.451 e. The number of fused-ring (bicyclic) bond motifs is 1. The smallest absolute Gasteiger partial charge is 0.289 e. The van der Waals surface area contributed by atoms with Crippen molar-refractivity contribution in [2.24, 2.45) is 11.8 Å². The van der Waals surface area contributed by atoms with Crippen LogP contribution < -0.4 is 5.32 Å². The Hall–Kier alpha value is -2.07. The van der Waals surface area contributed by atoms with Crippen molar-refractivity contribution < 1.29 is 9.21 Å². The lowest BCUT2D eigenvalue weighted by Gasteiger charge is -2.19. The first-order valence-corrected chi connectivity index (χ1v) is 9.43. The van der Waals surface area contributed by atoms with Crippen LogP contribution in [-0.2, 0) is 6.42 Å². The third-order valence-corrected chi connectivity index (χ3v) is 5.77.